The number of imide groups is 1. The van der Waals surface area contributed by atoms with Crippen LogP contribution in [0.1, 0.15) is 11.1 Å². The van der Waals surface area contributed by atoms with E-state index in [1.54, 1.807) is 12.1 Å². The molecule has 3 rings (SSSR count). The third-order valence-electron chi connectivity index (χ3n) is 3.75. The van der Waals surface area contributed by atoms with Crippen molar-refractivity contribution in [2.75, 3.05) is 7.11 Å². The molecule has 3 amide bonds. The van der Waals surface area contributed by atoms with Gasteiger partial charge < -0.3 is 10.1 Å². The molecule has 0 unspecified atom stereocenters. The molecule has 8 heteroatoms. The second-order valence-corrected chi connectivity index (χ2v) is 7.25. The maximum Gasteiger partial charge on any atom is 0.329 e. The highest BCUT2D eigenvalue weighted by molar-refractivity contribution is 9.10. The highest BCUT2D eigenvalue weighted by Crippen LogP contribution is 2.34. The van der Waals surface area contributed by atoms with Crippen molar-refractivity contribution in [2.45, 2.75) is 6.54 Å². The predicted octanol–water partition coefficient (Wildman–Crippen LogP) is 4.86. The molecule has 1 aliphatic rings. The van der Waals surface area contributed by atoms with Crippen LogP contribution in [-0.4, -0.2) is 23.9 Å². The third-order valence-corrected chi connectivity index (χ3v) is 4.84. The van der Waals surface area contributed by atoms with Gasteiger partial charge in [-0.05, 0) is 41.5 Å². The summed E-state index contributed by atoms with van der Waals surface area (Å²) in [6, 6.07) is 10.1. The van der Waals surface area contributed by atoms with Crippen LogP contribution in [0.2, 0.25) is 10.0 Å². The first-order chi connectivity index (χ1) is 12.4. The fourth-order valence-corrected chi connectivity index (χ4v) is 3.43. The maximum atomic E-state index is 12.6. The molecule has 1 N–H and O–H groups in total. The molecule has 5 nitrogen and oxygen atoms in total. The second-order valence-electron chi connectivity index (χ2n) is 5.52. The lowest BCUT2D eigenvalue weighted by Gasteiger charge is -2.11. The lowest BCUT2D eigenvalue weighted by atomic mass is 10.1. The van der Waals surface area contributed by atoms with Crippen LogP contribution in [0.25, 0.3) is 6.08 Å². The molecule has 134 valence electrons. The Morgan fingerprint density at radius 3 is 2.35 bits per heavy atom. The quantitative estimate of drug-likeness (QED) is 0.529. The number of carbonyl (C=O) groups excluding carboxylic acids is 2. The van der Waals surface area contributed by atoms with E-state index in [4.69, 9.17) is 27.9 Å². The molecule has 0 atom stereocenters. The Labute approximate surface area is 168 Å². The van der Waals surface area contributed by atoms with E-state index in [0.717, 1.165) is 14.9 Å². The van der Waals surface area contributed by atoms with Gasteiger partial charge in [-0.3, -0.25) is 9.69 Å². The van der Waals surface area contributed by atoms with Gasteiger partial charge in [0.15, 0.2) is 5.75 Å². The number of benzene rings is 2. The van der Waals surface area contributed by atoms with Crippen molar-refractivity contribution in [3.63, 3.8) is 0 Å². The van der Waals surface area contributed by atoms with Crippen LogP contribution in [0.15, 0.2) is 46.6 Å². The van der Waals surface area contributed by atoms with Crippen LogP contribution in [-0.2, 0) is 11.3 Å². The second kappa shape index (κ2) is 7.70. The molecule has 2 aromatic rings. The fourth-order valence-electron chi connectivity index (χ4n) is 2.51. The number of urea groups is 1. The molecule has 1 fully saturated rings. The first kappa shape index (κ1) is 18.8. The van der Waals surface area contributed by atoms with E-state index in [2.05, 4.69) is 21.2 Å². The Morgan fingerprint density at radius 2 is 1.77 bits per heavy atom. The van der Waals surface area contributed by atoms with E-state index >= 15 is 0 Å². The predicted molar refractivity (Wildman–Crippen MR) is 104 cm³/mol. The van der Waals surface area contributed by atoms with Gasteiger partial charge in [-0.1, -0.05) is 51.3 Å². The number of nitrogens with zero attached hydrogens (tertiary/aromatic N) is 1. The van der Waals surface area contributed by atoms with Crippen molar-refractivity contribution in [3.05, 3.63) is 67.7 Å². The molecule has 0 bridgehead atoms. The molecule has 0 aliphatic carbocycles. The number of nitrogens with one attached hydrogen (secondary N) is 1. The highest BCUT2D eigenvalue weighted by atomic mass is 79.9. The molecule has 0 saturated carbocycles. The molecular weight excluding hydrogens is 443 g/mol. The SMILES string of the molecule is COc1c(Cl)cc(/C=C2/NC(=O)N(Cc3ccc(Br)cc3)C2=O)cc1Cl. The van der Waals surface area contributed by atoms with Gasteiger partial charge in [0.05, 0.1) is 23.7 Å². The van der Waals surface area contributed by atoms with Crippen molar-refractivity contribution in [3.8, 4) is 5.75 Å². The molecule has 1 saturated heterocycles. The van der Waals surface area contributed by atoms with Gasteiger partial charge in [0, 0.05) is 4.47 Å². The van der Waals surface area contributed by atoms with Crippen molar-refractivity contribution in [1.82, 2.24) is 10.2 Å². The first-order valence-corrected chi connectivity index (χ1v) is 9.06. The molecule has 2 aromatic carbocycles. The monoisotopic (exact) mass is 454 g/mol. The van der Waals surface area contributed by atoms with Gasteiger partial charge in [0.25, 0.3) is 5.91 Å². The topological polar surface area (TPSA) is 58.6 Å². The van der Waals surface area contributed by atoms with Crippen LogP contribution < -0.4 is 10.1 Å². The van der Waals surface area contributed by atoms with Gasteiger partial charge >= 0.3 is 6.03 Å². The van der Waals surface area contributed by atoms with E-state index in [9.17, 15) is 9.59 Å². The van der Waals surface area contributed by atoms with Crippen LogP contribution in [0.4, 0.5) is 4.79 Å². The highest BCUT2D eigenvalue weighted by Gasteiger charge is 2.33. The van der Waals surface area contributed by atoms with E-state index in [0.29, 0.717) is 21.4 Å². The van der Waals surface area contributed by atoms with E-state index < -0.39 is 11.9 Å². The Bertz CT molecular complexity index is 890. The van der Waals surface area contributed by atoms with Gasteiger partial charge in [0.2, 0.25) is 0 Å². The smallest absolute Gasteiger partial charge is 0.329 e. The number of hydrogen-bond donors (Lipinski definition) is 1. The number of methoxy groups -OCH3 is 1. The summed E-state index contributed by atoms with van der Waals surface area (Å²) in [5.74, 6) is -0.0601. The summed E-state index contributed by atoms with van der Waals surface area (Å²) in [5, 5.41) is 3.20. The third kappa shape index (κ3) is 3.87. The minimum atomic E-state index is -0.477. The van der Waals surface area contributed by atoms with Crippen molar-refractivity contribution in [1.29, 1.82) is 0 Å². The number of halogens is 3. The molecule has 1 aliphatic heterocycles. The zero-order chi connectivity index (χ0) is 18.8. The normalized spacial score (nSPS) is 15.5. The largest absolute Gasteiger partial charge is 0.494 e. The van der Waals surface area contributed by atoms with E-state index in [-0.39, 0.29) is 12.2 Å². The zero-order valence-electron chi connectivity index (χ0n) is 13.6. The van der Waals surface area contributed by atoms with E-state index in [1.807, 2.05) is 24.3 Å². The van der Waals surface area contributed by atoms with Gasteiger partial charge in [0.1, 0.15) is 5.70 Å². The lowest BCUT2D eigenvalue weighted by molar-refractivity contribution is -0.123. The summed E-state index contributed by atoms with van der Waals surface area (Å²) in [4.78, 5) is 25.9. The van der Waals surface area contributed by atoms with Crippen molar-refractivity contribution in [2.24, 2.45) is 0 Å². The summed E-state index contributed by atoms with van der Waals surface area (Å²) in [5.41, 5.74) is 1.58. The minimum Gasteiger partial charge on any atom is -0.494 e. The van der Waals surface area contributed by atoms with Crippen LogP contribution in [0.5, 0.6) is 5.75 Å². The van der Waals surface area contributed by atoms with Gasteiger partial charge in [-0.2, -0.15) is 0 Å². The molecular formula is C18H13BrCl2N2O3. The van der Waals surface area contributed by atoms with Crippen LogP contribution in [0, 0.1) is 0 Å². The maximum absolute atomic E-state index is 12.6. The van der Waals surface area contributed by atoms with E-state index in [1.165, 1.54) is 13.2 Å². The Kier molecular flexibility index (Phi) is 5.55. The Balaban J connectivity index is 1.84. The number of amides is 3. The van der Waals surface area contributed by atoms with Crippen LogP contribution in [0.3, 0.4) is 0 Å². The van der Waals surface area contributed by atoms with Crippen molar-refractivity contribution >= 4 is 57.1 Å². The summed E-state index contributed by atoms with van der Waals surface area (Å²) in [6.45, 7) is 0.180. The van der Waals surface area contributed by atoms with Gasteiger partial charge in [-0.15, -0.1) is 0 Å². The Morgan fingerprint density at radius 1 is 1.15 bits per heavy atom. The minimum absolute atomic E-state index is 0.157. The number of ether oxygens (including phenoxy) is 1. The summed E-state index contributed by atoms with van der Waals surface area (Å²) in [7, 11) is 1.46. The summed E-state index contributed by atoms with van der Waals surface area (Å²) in [6.07, 6.45) is 1.53. The fraction of sp³-hybridized carbons (Fsp3) is 0.111. The standard InChI is InChI=1S/C18H13BrCl2N2O3/c1-26-16-13(20)6-11(7-14(16)21)8-15-17(24)23(18(25)22-15)9-10-2-4-12(19)5-3-10/h2-8H,9H2,1H3,(H,22,25)/b15-8+. The molecule has 0 spiro atoms. The van der Waals surface area contributed by atoms with Crippen LogP contribution >= 0.6 is 39.1 Å². The zero-order valence-corrected chi connectivity index (χ0v) is 16.7. The van der Waals surface area contributed by atoms with Gasteiger partial charge in [-0.25, -0.2) is 4.79 Å². The molecule has 26 heavy (non-hydrogen) atoms. The number of hydrogen-bond acceptors (Lipinski definition) is 3. The van der Waals surface area contributed by atoms with Crippen molar-refractivity contribution < 1.29 is 14.3 Å². The Hall–Kier alpha value is -2.02. The molecule has 0 radical (unpaired) electrons. The molecule has 1 heterocycles. The first-order valence-electron chi connectivity index (χ1n) is 7.51. The average Bonchev–Trinajstić information content (AvgIpc) is 2.84. The average molecular weight is 456 g/mol. The summed E-state index contributed by atoms with van der Waals surface area (Å²) < 4.78 is 6.02. The lowest BCUT2D eigenvalue weighted by Crippen LogP contribution is -2.30. The summed E-state index contributed by atoms with van der Waals surface area (Å²) >= 11 is 15.6. The number of rotatable bonds is 4. The molecule has 0 aromatic heterocycles. The number of carbonyl (C=O) groups is 2.